The van der Waals surface area contributed by atoms with Crippen molar-refractivity contribution in [3.05, 3.63) is 36.5 Å². The normalized spacial score (nSPS) is 12.7. The molecule has 0 aromatic heterocycles. The van der Waals surface area contributed by atoms with E-state index in [1.54, 1.807) is 6.08 Å². The SMILES string of the molecule is CCCCCCCC/C=C\CCCCCCCCCCCC(=O)OCCCCCCCCCCCCCC/C=C\CCCCCCCCCCCC(=O)NC(CO)C(O)/C=C/CCCCCCCCCCCCCCCCCCCCCCC. The molecule has 0 heterocycles. The molecule has 496 valence electrons. The molecule has 0 aromatic carbocycles. The summed E-state index contributed by atoms with van der Waals surface area (Å²) < 4.78 is 5.51. The van der Waals surface area contributed by atoms with Crippen molar-refractivity contribution < 1.29 is 24.5 Å². The molecule has 0 radical (unpaired) electrons. The minimum atomic E-state index is -0.848. The minimum absolute atomic E-state index is 0.0134. The molecule has 0 bridgehead atoms. The number of aliphatic hydroxyl groups excluding tert-OH is 2. The summed E-state index contributed by atoms with van der Waals surface area (Å²) in [6.45, 7) is 4.94. The van der Waals surface area contributed by atoms with Crippen LogP contribution in [0.1, 0.15) is 425 Å². The van der Waals surface area contributed by atoms with Crippen molar-refractivity contribution in [2.24, 2.45) is 0 Å². The molecule has 3 N–H and O–H groups in total. The Hall–Kier alpha value is -1.92. The number of aliphatic hydroxyl groups is 2. The van der Waals surface area contributed by atoms with Crippen LogP contribution in [0.5, 0.6) is 0 Å². The van der Waals surface area contributed by atoms with Crippen LogP contribution in [-0.4, -0.2) is 47.4 Å². The molecule has 0 saturated heterocycles. The van der Waals surface area contributed by atoms with Crippen molar-refractivity contribution in [3.63, 3.8) is 0 Å². The first kappa shape index (κ1) is 82.1. The lowest BCUT2D eigenvalue weighted by atomic mass is 10.0. The predicted molar refractivity (Wildman–Crippen MR) is 370 cm³/mol. The van der Waals surface area contributed by atoms with Crippen LogP contribution < -0.4 is 5.32 Å². The smallest absolute Gasteiger partial charge is 0.305 e. The van der Waals surface area contributed by atoms with E-state index in [2.05, 4.69) is 43.5 Å². The maximum atomic E-state index is 12.5. The van der Waals surface area contributed by atoms with Gasteiger partial charge in [-0.2, -0.15) is 0 Å². The number of hydrogen-bond donors (Lipinski definition) is 3. The van der Waals surface area contributed by atoms with Gasteiger partial charge in [0.15, 0.2) is 0 Å². The Morgan fingerprint density at radius 3 is 0.845 bits per heavy atom. The largest absolute Gasteiger partial charge is 0.466 e. The van der Waals surface area contributed by atoms with E-state index < -0.39 is 12.1 Å². The summed E-state index contributed by atoms with van der Waals surface area (Å²) in [4.78, 5) is 24.7. The summed E-state index contributed by atoms with van der Waals surface area (Å²) in [5.41, 5.74) is 0. The zero-order chi connectivity index (χ0) is 60.6. The highest BCUT2D eigenvalue weighted by atomic mass is 16.5. The Kier molecular flexibility index (Phi) is 71.9. The first-order valence-corrected chi connectivity index (χ1v) is 38.3. The number of hydrogen-bond acceptors (Lipinski definition) is 5. The number of carbonyl (C=O) groups is 2. The predicted octanol–water partition coefficient (Wildman–Crippen LogP) is 25.0. The zero-order valence-electron chi connectivity index (χ0n) is 56.9. The van der Waals surface area contributed by atoms with E-state index in [-0.39, 0.29) is 18.5 Å². The number of esters is 1. The second-order valence-corrected chi connectivity index (χ2v) is 26.3. The molecule has 0 aromatic rings. The molecule has 0 rings (SSSR count). The van der Waals surface area contributed by atoms with Crippen molar-refractivity contribution in [2.75, 3.05) is 13.2 Å². The van der Waals surface area contributed by atoms with Gasteiger partial charge in [-0.15, -0.1) is 0 Å². The van der Waals surface area contributed by atoms with Crippen LogP contribution in [0.25, 0.3) is 0 Å². The molecule has 0 spiro atoms. The zero-order valence-corrected chi connectivity index (χ0v) is 56.9. The standard InChI is InChI=1S/C78H149NO5/c1-3-5-7-9-11-13-15-17-19-21-23-24-28-31-35-38-42-46-50-54-58-62-66-70-76(81)75(74-80)79-77(82)71-67-63-59-55-51-47-43-39-36-32-29-26-25-27-30-33-37-41-45-49-53-57-61-65-69-73-84-78(83)72-68-64-60-56-52-48-44-40-34-22-20-18-16-14-12-10-8-6-4-2/h18,20,26,29,66,70,75-76,80-81H,3-17,19,21-25,27-28,30-65,67-69,71-74H2,1-2H3,(H,79,82)/b20-18-,29-26-,70-66+. The fourth-order valence-electron chi connectivity index (χ4n) is 12.0. The van der Waals surface area contributed by atoms with Gasteiger partial charge in [0.2, 0.25) is 5.91 Å². The highest BCUT2D eigenvalue weighted by Gasteiger charge is 2.18. The number of allylic oxidation sites excluding steroid dienone is 5. The molecule has 6 heteroatoms. The molecule has 1 amide bonds. The van der Waals surface area contributed by atoms with Crippen LogP contribution in [0.2, 0.25) is 0 Å². The molecule has 0 aliphatic rings. The molecular formula is C78H149NO5. The molecular weight excluding hydrogens is 1030 g/mol. The van der Waals surface area contributed by atoms with Crippen LogP contribution in [0.4, 0.5) is 0 Å². The average molecular weight is 1180 g/mol. The summed E-state index contributed by atoms with van der Waals surface area (Å²) in [5, 5.41) is 23.3. The van der Waals surface area contributed by atoms with E-state index in [9.17, 15) is 19.8 Å². The van der Waals surface area contributed by atoms with Crippen molar-refractivity contribution in [3.8, 4) is 0 Å². The molecule has 6 nitrogen and oxygen atoms in total. The fraction of sp³-hybridized carbons (Fsp3) is 0.897. The summed E-state index contributed by atoms with van der Waals surface area (Å²) in [7, 11) is 0. The van der Waals surface area contributed by atoms with E-state index in [1.807, 2.05) is 6.08 Å². The van der Waals surface area contributed by atoms with Gasteiger partial charge < -0.3 is 20.3 Å². The number of unbranched alkanes of at least 4 members (excludes halogenated alkanes) is 57. The van der Waals surface area contributed by atoms with E-state index in [0.29, 0.717) is 19.4 Å². The van der Waals surface area contributed by atoms with Crippen LogP contribution in [0.15, 0.2) is 36.5 Å². The monoisotopic (exact) mass is 1180 g/mol. The Bertz CT molecular complexity index is 1360. The molecule has 0 aliphatic heterocycles. The molecule has 2 atom stereocenters. The van der Waals surface area contributed by atoms with Crippen LogP contribution >= 0.6 is 0 Å². The average Bonchev–Trinajstić information content (AvgIpc) is 3.51. The minimum Gasteiger partial charge on any atom is -0.466 e. The summed E-state index contributed by atoms with van der Waals surface area (Å²) in [6.07, 6.45) is 95.3. The first-order chi connectivity index (χ1) is 41.5. The highest BCUT2D eigenvalue weighted by molar-refractivity contribution is 5.76. The summed E-state index contributed by atoms with van der Waals surface area (Å²) in [5.74, 6) is -0.0533. The maximum Gasteiger partial charge on any atom is 0.305 e. The van der Waals surface area contributed by atoms with Crippen LogP contribution in [0, 0.1) is 0 Å². The molecule has 2 unspecified atom stereocenters. The third-order valence-corrected chi connectivity index (χ3v) is 17.9. The van der Waals surface area contributed by atoms with Crippen molar-refractivity contribution >= 4 is 11.9 Å². The quantitative estimate of drug-likeness (QED) is 0.0320. The van der Waals surface area contributed by atoms with Gasteiger partial charge in [-0.1, -0.05) is 365 Å². The Morgan fingerprint density at radius 2 is 0.560 bits per heavy atom. The van der Waals surface area contributed by atoms with Gasteiger partial charge in [0.25, 0.3) is 0 Å². The first-order valence-electron chi connectivity index (χ1n) is 38.3. The van der Waals surface area contributed by atoms with Gasteiger partial charge in [0.1, 0.15) is 0 Å². The third-order valence-electron chi connectivity index (χ3n) is 17.9. The second kappa shape index (κ2) is 73.5. The lowest BCUT2D eigenvalue weighted by molar-refractivity contribution is -0.143. The van der Waals surface area contributed by atoms with Gasteiger partial charge in [0, 0.05) is 12.8 Å². The van der Waals surface area contributed by atoms with Crippen molar-refractivity contribution in [1.82, 2.24) is 5.32 Å². The van der Waals surface area contributed by atoms with Crippen LogP contribution in [0.3, 0.4) is 0 Å². The number of carbonyl (C=O) groups excluding carboxylic acids is 2. The van der Waals surface area contributed by atoms with E-state index >= 15 is 0 Å². The van der Waals surface area contributed by atoms with Gasteiger partial charge >= 0.3 is 5.97 Å². The lowest BCUT2D eigenvalue weighted by Gasteiger charge is -2.20. The second-order valence-electron chi connectivity index (χ2n) is 26.3. The number of nitrogens with one attached hydrogen (secondary N) is 1. The third kappa shape index (κ3) is 69.2. The van der Waals surface area contributed by atoms with Gasteiger partial charge in [0.05, 0.1) is 25.4 Å². The molecule has 0 aliphatic carbocycles. The van der Waals surface area contributed by atoms with E-state index in [4.69, 9.17) is 4.74 Å². The Labute approximate surface area is 525 Å². The Morgan fingerprint density at radius 1 is 0.321 bits per heavy atom. The van der Waals surface area contributed by atoms with Gasteiger partial charge in [-0.3, -0.25) is 9.59 Å². The number of amides is 1. The number of rotatable bonds is 72. The van der Waals surface area contributed by atoms with Gasteiger partial charge in [-0.25, -0.2) is 0 Å². The summed E-state index contributed by atoms with van der Waals surface area (Å²) >= 11 is 0. The molecule has 0 fully saturated rings. The number of ether oxygens (including phenoxy) is 1. The molecule has 84 heavy (non-hydrogen) atoms. The van der Waals surface area contributed by atoms with Crippen molar-refractivity contribution in [2.45, 2.75) is 437 Å². The topological polar surface area (TPSA) is 95.9 Å². The van der Waals surface area contributed by atoms with E-state index in [1.165, 1.54) is 353 Å². The lowest BCUT2D eigenvalue weighted by Crippen LogP contribution is -2.45. The maximum absolute atomic E-state index is 12.5. The molecule has 0 saturated carbocycles. The fourth-order valence-corrected chi connectivity index (χ4v) is 12.0. The summed E-state index contributed by atoms with van der Waals surface area (Å²) in [6, 6.07) is -0.632. The highest BCUT2D eigenvalue weighted by Crippen LogP contribution is 2.19. The van der Waals surface area contributed by atoms with Crippen LogP contribution in [-0.2, 0) is 14.3 Å². The van der Waals surface area contributed by atoms with E-state index in [0.717, 1.165) is 44.9 Å². The van der Waals surface area contributed by atoms with Gasteiger partial charge in [-0.05, 0) is 83.5 Å². The Balaban J connectivity index is 3.41. The van der Waals surface area contributed by atoms with Crippen molar-refractivity contribution in [1.29, 1.82) is 0 Å².